The zero-order valence-electron chi connectivity index (χ0n) is 11.7. The van der Waals surface area contributed by atoms with Gasteiger partial charge >= 0.3 is 5.97 Å². The number of rotatable bonds is 2. The molecule has 102 valence electrons. The molecule has 0 amide bonds. The summed E-state index contributed by atoms with van der Waals surface area (Å²) in [6.07, 6.45) is 1.31. The molecule has 2 aromatic rings. The molecule has 2 aromatic heterocycles. The second-order valence-corrected chi connectivity index (χ2v) is 5.43. The van der Waals surface area contributed by atoms with Crippen LogP contribution in [0.25, 0.3) is 11.0 Å². The predicted octanol–water partition coefficient (Wildman–Crippen LogP) is 2.15. The fourth-order valence-electron chi connectivity index (χ4n) is 1.94. The maximum Gasteiger partial charge on any atom is 0.341 e. The van der Waals surface area contributed by atoms with E-state index in [1.54, 1.807) is 11.7 Å². The number of pyridine rings is 1. The van der Waals surface area contributed by atoms with Crippen molar-refractivity contribution in [2.75, 3.05) is 0 Å². The van der Waals surface area contributed by atoms with Gasteiger partial charge in [0, 0.05) is 13.2 Å². The molecule has 1 N–H and O–H groups in total. The summed E-state index contributed by atoms with van der Waals surface area (Å²) in [6, 6.07) is 0. The summed E-state index contributed by atoms with van der Waals surface area (Å²) in [5.41, 5.74) is 0.869. The molecule has 0 saturated heterocycles. The van der Waals surface area contributed by atoms with Crippen LogP contribution in [0.3, 0.4) is 0 Å². The summed E-state index contributed by atoms with van der Waals surface area (Å²) in [4.78, 5) is 15.5. The minimum absolute atomic E-state index is 0.0542. The van der Waals surface area contributed by atoms with Gasteiger partial charge in [0.05, 0.1) is 11.1 Å². The van der Waals surface area contributed by atoms with Gasteiger partial charge in [-0.1, -0.05) is 0 Å². The monoisotopic (exact) mass is 263 g/mol. The molecular formula is C13H17N3O3. The average molecular weight is 263 g/mol. The van der Waals surface area contributed by atoms with Gasteiger partial charge in [-0.3, -0.25) is 4.68 Å². The Morgan fingerprint density at radius 2 is 2.05 bits per heavy atom. The number of carboxylic acids is 1. The first-order valence-electron chi connectivity index (χ1n) is 5.95. The predicted molar refractivity (Wildman–Crippen MR) is 70.6 cm³/mol. The van der Waals surface area contributed by atoms with E-state index in [-0.39, 0.29) is 5.56 Å². The summed E-state index contributed by atoms with van der Waals surface area (Å²) in [6.45, 7) is 7.43. The van der Waals surface area contributed by atoms with Crippen LogP contribution in [-0.2, 0) is 7.05 Å². The SMILES string of the molecule is Cc1nn(C)c2ncc(C(=O)O)c(OC(C)(C)C)c12. The van der Waals surface area contributed by atoms with Crippen LogP contribution in [-0.4, -0.2) is 31.4 Å². The highest BCUT2D eigenvalue weighted by Crippen LogP contribution is 2.33. The Hall–Kier alpha value is -2.11. The number of hydrogen-bond donors (Lipinski definition) is 1. The van der Waals surface area contributed by atoms with Crippen molar-refractivity contribution in [1.29, 1.82) is 0 Å². The standard InChI is InChI=1S/C13H17N3O3/c1-7-9-10(19-13(2,3)4)8(12(17)18)6-14-11(9)16(5)15-7/h6H,1-5H3,(H,17,18). The van der Waals surface area contributed by atoms with Crippen molar-refractivity contribution in [2.45, 2.75) is 33.3 Å². The first-order valence-corrected chi connectivity index (χ1v) is 5.95. The molecular weight excluding hydrogens is 246 g/mol. The molecule has 2 rings (SSSR count). The molecule has 0 bridgehead atoms. The molecule has 0 aliphatic carbocycles. The minimum atomic E-state index is -1.06. The van der Waals surface area contributed by atoms with Gasteiger partial charge in [-0.25, -0.2) is 9.78 Å². The summed E-state index contributed by atoms with van der Waals surface area (Å²) in [5.74, 6) is -0.729. The molecule has 6 nitrogen and oxygen atoms in total. The number of aromatic nitrogens is 3. The second-order valence-electron chi connectivity index (χ2n) is 5.43. The van der Waals surface area contributed by atoms with E-state index in [0.717, 1.165) is 0 Å². The third-order valence-electron chi connectivity index (χ3n) is 2.62. The highest BCUT2D eigenvalue weighted by atomic mass is 16.5. The quantitative estimate of drug-likeness (QED) is 0.898. The van der Waals surface area contributed by atoms with Crippen LogP contribution in [0, 0.1) is 6.92 Å². The normalized spacial score (nSPS) is 11.8. The molecule has 0 atom stereocenters. The van der Waals surface area contributed by atoms with Gasteiger partial charge in [-0.05, 0) is 27.7 Å². The van der Waals surface area contributed by atoms with Crippen molar-refractivity contribution < 1.29 is 14.6 Å². The summed E-state index contributed by atoms with van der Waals surface area (Å²) >= 11 is 0. The number of ether oxygens (including phenoxy) is 1. The highest BCUT2D eigenvalue weighted by Gasteiger charge is 2.24. The van der Waals surface area contributed by atoms with Crippen molar-refractivity contribution in [1.82, 2.24) is 14.8 Å². The lowest BCUT2D eigenvalue weighted by atomic mass is 10.1. The Bertz CT molecular complexity index is 653. The van der Waals surface area contributed by atoms with E-state index in [4.69, 9.17) is 4.74 Å². The topological polar surface area (TPSA) is 77.2 Å². The van der Waals surface area contributed by atoms with Crippen molar-refractivity contribution in [3.8, 4) is 5.75 Å². The van der Waals surface area contributed by atoms with Crippen LogP contribution >= 0.6 is 0 Å². The summed E-state index contributed by atoms with van der Waals surface area (Å²) in [5, 5.41) is 14.2. The van der Waals surface area contributed by atoms with Crippen LogP contribution < -0.4 is 4.74 Å². The fraction of sp³-hybridized carbons (Fsp3) is 0.462. The van der Waals surface area contributed by atoms with Crippen molar-refractivity contribution in [3.05, 3.63) is 17.5 Å². The van der Waals surface area contributed by atoms with Gasteiger partial charge in [-0.2, -0.15) is 5.10 Å². The van der Waals surface area contributed by atoms with E-state index in [9.17, 15) is 9.90 Å². The third-order valence-corrected chi connectivity index (χ3v) is 2.62. The summed E-state index contributed by atoms with van der Waals surface area (Å²) in [7, 11) is 1.77. The van der Waals surface area contributed by atoms with Crippen LogP contribution in [0.15, 0.2) is 6.20 Å². The molecule has 0 radical (unpaired) electrons. The summed E-state index contributed by atoms with van der Waals surface area (Å²) < 4.78 is 7.44. The molecule has 0 fully saturated rings. The van der Waals surface area contributed by atoms with Crippen molar-refractivity contribution in [2.24, 2.45) is 7.05 Å². The Morgan fingerprint density at radius 1 is 1.42 bits per heavy atom. The largest absolute Gasteiger partial charge is 0.486 e. The molecule has 0 aliphatic heterocycles. The average Bonchev–Trinajstić information content (AvgIpc) is 2.52. The van der Waals surface area contributed by atoms with E-state index in [1.807, 2.05) is 27.7 Å². The first kappa shape index (κ1) is 13.3. The maximum atomic E-state index is 11.3. The van der Waals surface area contributed by atoms with E-state index in [0.29, 0.717) is 22.5 Å². The van der Waals surface area contributed by atoms with Crippen LogP contribution in [0.4, 0.5) is 0 Å². The van der Waals surface area contributed by atoms with Gasteiger partial charge in [-0.15, -0.1) is 0 Å². The number of aromatic carboxylic acids is 1. The van der Waals surface area contributed by atoms with Crippen molar-refractivity contribution in [3.63, 3.8) is 0 Å². The lowest BCUT2D eigenvalue weighted by molar-refractivity contribution is 0.0682. The Labute approximate surface area is 111 Å². The number of carboxylic acid groups (broad SMARTS) is 1. The zero-order valence-corrected chi connectivity index (χ0v) is 11.7. The highest BCUT2D eigenvalue weighted by molar-refractivity contribution is 5.98. The van der Waals surface area contributed by atoms with Crippen LogP contribution in [0.5, 0.6) is 5.75 Å². The number of nitrogens with zero attached hydrogens (tertiary/aromatic N) is 3. The van der Waals surface area contributed by atoms with Gasteiger partial charge in [0.1, 0.15) is 16.9 Å². The van der Waals surface area contributed by atoms with E-state index in [2.05, 4.69) is 10.1 Å². The van der Waals surface area contributed by atoms with Crippen LogP contribution in [0.2, 0.25) is 0 Å². The molecule has 0 aromatic carbocycles. The smallest absolute Gasteiger partial charge is 0.341 e. The number of aryl methyl sites for hydroxylation is 2. The van der Waals surface area contributed by atoms with Crippen molar-refractivity contribution >= 4 is 17.0 Å². The molecule has 0 aliphatic rings. The lowest BCUT2D eigenvalue weighted by Gasteiger charge is -2.23. The molecule has 6 heteroatoms. The van der Waals surface area contributed by atoms with E-state index >= 15 is 0 Å². The fourth-order valence-corrected chi connectivity index (χ4v) is 1.94. The number of hydrogen-bond acceptors (Lipinski definition) is 4. The first-order chi connectivity index (χ1) is 8.70. The Morgan fingerprint density at radius 3 is 2.58 bits per heavy atom. The van der Waals surface area contributed by atoms with Gasteiger partial charge in [0.2, 0.25) is 0 Å². The van der Waals surface area contributed by atoms with Gasteiger partial charge in [0.15, 0.2) is 5.65 Å². The lowest BCUT2D eigenvalue weighted by Crippen LogP contribution is -2.24. The Kier molecular flexibility index (Phi) is 2.96. The van der Waals surface area contributed by atoms with Crippen LogP contribution in [0.1, 0.15) is 36.8 Å². The maximum absolute atomic E-state index is 11.3. The molecule has 0 saturated carbocycles. The molecule has 0 unspecified atom stereocenters. The second kappa shape index (κ2) is 4.22. The molecule has 19 heavy (non-hydrogen) atoms. The van der Waals surface area contributed by atoms with E-state index in [1.165, 1.54) is 6.20 Å². The number of carbonyl (C=O) groups is 1. The third kappa shape index (κ3) is 2.38. The molecule has 0 spiro atoms. The van der Waals surface area contributed by atoms with Gasteiger partial charge < -0.3 is 9.84 Å². The Balaban J connectivity index is 2.80. The minimum Gasteiger partial charge on any atom is -0.486 e. The molecule has 2 heterocycles. The number of fused-ring (bicyclic) bond motifs is 1. The van der Waals surface area contributed by atoms with E-state index < -0.39 is 11.6 Å². The van der Waals surface area contributed by atoms with Gasteiger partial charge in [0.25, 0.3) is 0 Å². The zero-order chi connectivity index (χ0) is 14.4.